The first-order valence-corrected chi connectivity index (χ1v) is 5.13. The third-order valence-electron chi connectivity index (χ3n) is 2.67. The molecule has 4 heteroatoms. The first-order valence-electron chi connectivity index (χ1n) is 4.33. The first kappa shape index (κ1) is 10.1. The van der Waals surface area contributed by atoms with Crippen molar-refractivity contribution in [2.75, 3.05) is 0 Å². The molecule has 0 amide bonds. The smallest absolute Gasteiger partial charge is 0.270 e. The van der Waals surface area contributed by atoms with E-state index in [1.54, 1.807) is 18.2 Å². The number of hydrogen-bond donors (Lipinski definition) is 1. The molecule has 76 valence electrons. The van der Waals surface area contributed by atoms with Gasteiger partial charge in [-0.1, -0.05) is 22.0 Å². The topological polar surface area (TPSA) is 20.2 Å². The average molecular weight is 263 g/mol. The van der Waals surface area contributed by atoms with E-state index >= 15 is 0 Å². The first-order chi connectivity index (χ1) is 6.54. The number of aryl methyl sites for hydroxylation is 1. The molecule has 0 heterocycles. The van der Waals surface area contributed by atoms with E-state index in [1.165, 1.54) is 0 Å². The van der Waals surface area contributed by atoms with Crippen molar-refractivity contribution in [2.45, 2.75) is 24.9 Å². The molecule has 1 nitrogen and oxygen atoms in total. The maximum Gasteiger partial charge on any atom is 0.270 e. The van der Waals surface area contributed by atoms with Crippen LogP contribution in [0.4, 0.5) is 8.78 Å². The lowest BCUT2D eigenvalue weighted by atomic mass is 9.97. The Balaban J connectivity index is 2.49. The fourth-order valence-corrected chi connectivity index (χ4v) is 2.29. The van der Waals surface area contributed by atoms with Crippen molar-refractivity contribution >= 4 is 15.9 Å². The van der Waals surface area contributed by atoms with Crippen LogP contribution in [0.15, 0.2) is 22.7 Å². The molecule has 0 saturated heterocycles. The van der Waals surface area contributed by atoms with Crippen molar-refractivity contribution in [2.24, 2.45) is 0 Å². The molecule has 0 radical (unpaired) electrons. The van der Waals surface area contributed by atoms with E-state index in [4.69, 9.17) is 0 Å². The molecule has 0 aliphatic heterocycles. The Morgan fingerprint density at radius 3 is 2.79 bits per heavy atom. The Labute approximate surface area is 88.9 Å². The molecule has 0 bridgehead atoms. The summed E-state index contributed by atoms with van der Waals surface area (Å²) in [6, 6.07) is 5.03. The lowest BCUT2D eigenvalue weighted by molar-refractivity contribution is -0.100. The van der Waals surface area contributed by atoms with Gasteiger partial charge in [0.05, 0.1) is 0 Å². The maximum atomic E-state index is 12.6. The van der Waals surface area contributed by atoms with Crippen molar-refractivity contribution in [3.63, 3.8) is 0 Å². The average Bonchev–Trinajstić information content (AvgIpc) is 2.45. The highest BCUT2D eigenvalue weighted by atomic mass is 79.9. The highest BCUT2D eigenvalue weighted by Crippen LogP contribution is 2.41. The summed E-state index contributed by atoms with van der Waals surface area (Å²) in [5, 5.41) is 9.75. The van der Waals surface area contributed by atoms with E-state index in [-0.39, 0.29) is 6.42 Å². The molecular formula is C10H9BrF2O. The van der Waals surface area contributed by atoms with Crippen molar-refractivity contribution < 1.29 is 13.9 Å². The van der Waals surface area contributed by atoms with Gasteiger partial charge in [-0.15, -0.1) is 0 Å². The number of aliphatic hydroxyl groups is 1. The van der Waals surface area contributed by atoms with Crippen LogP contribution in [0.1, 0.15) is 17.5 Å². The zero-order valence-electron chi connectivity index (χ0n) is 7.30. The van der Waals surface area contributed by atoms with Crippen LogP contribution >= 0.6 is 15.9 Å². The van der Waals surface area contributed by atoms with Crippen LogP contribution in [0, 0.1) is 0 Å². The van der Waals surface area contributed by atoms with Crippen LogP contribution < -0.4 is 0 Å². The molecular weight excluding hydrogens is 254 g/mol. The second-order valence-corrected chi connectivity index (χ2v) is 4.44. The second kappa shape index (κ2) is 3.28. The third kappa shape index (κ3) is 1.37. The van der Waals surface area contributed by atoms with E-state index in [2.05, 4.69) is 15.9 Å². The molecule has 14 heavy (non-hydrogen) atoms. The molecule has 0 spiro atoms. The molecule has 1 aliphatic rings. The number of halogens is 3. The van der Waals surface area contributed by atoms with Crippen LogP contribution in [0.3, 0.4) is 0 Å². The van der Waals surface area contributed by atoms with Crippen molar-refractivity contribution in [3.05, 3.63) is 33.8 Å². The monoisotopic (exact) mass is 262 g/mol. The highest BCUT2D eigenvalue weighted by Gasteiger charge is 2.44. The Kier molecular flexibility index (Phi) is 2.35. The zero-order chi connectivity index (χ0) is 10.3. The molecule has 0 fully saturated rings. The van der Waals surface area contributed by atoms with Gasteiger partial charge in [-0.05, 0) is 36.1 Å². The highest BCUT2D eigenvalue weighted by molar-refractivity contribution is 9.10. The summed E-state index contributed by atoms with van der Waals surface area (Å²) < 4.78 is 26.1. The maximum absolute atomic E-state index is 12.6. The lowest BCUT2D eigenvalue weighted by Gasteiger charge is -2.22. The van der Waals surface area contributed by atoms with Gasteiger partial charge in [0.15, 0.2) is 5.60 Å². The zero-order valence-corrected chi connectivity index (χ0v) is 8.89. The fourth-order valence-electron chi connectivity index (χ4n) is 1.88. The normalized spacial score (nSPS) is 25.5. The molecule has 1 atom stereocenters. The van der Waals surface area contributed by atoms with Gasteiger partial charge in [-0.3, -0.25) is 0 Å². The van der Waals surface area contributed by atoms with Gasteiger partial charge >= 0.3 is 0 Å². The number of fused-ring (bicyclic) bond motifs is 1. The van der Waals surface area contributed by atoms with Crippen LogP contribution in [0.2, 0.25) is 0 Å². The minimum atomic E-state index is -2.72. The predicted molar refractivity (Wildman–Crippen MR) is 52.4 cm³/mol. The van der Waals surface area contributed by atoms with Crippen molar-refractivity contribution in [1.82, 2.24) is 0 Å². The summed E-state index contributed by atoms with van der Waals surface area (Å²) in [5.41, 5.74) is -0.756. The molecule has 1 aromatic rings. The number of benzene rings is 1. The minimum absolute atomic E-state index is 0.108. The van der Waals surface area contributed by atoms with E-state index in [1.807, 2.05) is 0 Å². The van der Waals surface area contributed by atoms with E-state index in [0.717, 1.165) is 10.0 Å². The number of rotatable bonds is 1. The molecule has 2 rings (SSSR count). The molecule has 0 saturated carbocycles. The summed E-state index contributed by atoms with van der Waals surface area (Å²) in [7, 11) is 0. The second-order valence-electron chi connectivity index (χ2n) is 3.53. The van der Waals surface area contributed by atoms with Gasteiger partial charge in [0.1, 0.15) is 0 Å². The van der Waals surface area contributed by atoms with Gasteiger partial charge in [0.25, 0.3) is 6.43 Å². The molecule has 1 aliphatic carbocycles. The summed E-state index contributed by atoms with van der Waals surface area (Å²) in [6.07, 6.45) is -2.10. The fraction of sp³-hybridized carbons (Fsp3) is 0.400. The SMILES string of the molecule is OC1(C(F)F)CCc2cc(Br)ccc21. The number of alkyl halides is 2. The Morgan fingerprint density at radius 2 is 2.14 bits per heavy atom. The molecule has 0 aromatic heterocycles. The van der Waals surface area contributed by atoms with Gasteiger partial charge in [0.2, 0.25) is 0 Å². The van der Waals surface area contributed by atoms with E-state index < -0.39 is 12.0 Å². The van der Waals surface area contributed by atoms with Gasteiger partial charge < -0.3 is 5.11 Å². The Morgan fingerprint density at radius 1 is 1.43 bits per heavy atom. The summed E-state index contributed by atoms with van der Waals surface area (Å²) in [6.45, 7) is 0. The van der Waals surface area contributed by atoms with E-state index in [9.17, 15) is 13.9 Å². The van der Waals surface area contributed by atoms with Crippen LogP contribution in [-0.2, 0) is 12.0 Å². The molecule has 1 aromatic carbocycles. The predicted octanol–water partition coefficient (Wildman–Crippen LogP) is 2.85. The van der Waals surface area contributed by atoms with Crippen LogP contribution in [0.5, 0.6) is 0 Å². The third-order valence-corrected chi connectivity index (χ3v) is 3.16. The van der Waals surface area contributed by atoms with E-state index in [0.29, 0.717) is 12.0 Å². The summed E-state index contributed by atoms with van der Waals surface area (Å²) in [5.74, 6) is 0. The van der Waals surface area contributed by atoms with Gasteiger partial charge in [-0.25, -0.2) is 8.78 Å². The minimum Gasteiger partial charge on any atom is -0.379 e. The summed E-state index contributed by atoms with van der Waals surface area (Å²) >= 11 is 3.27. The van der Waals surface area contributed by atoms with Crippen LogP contribution in [0.25, 0.3) is 0 Å². The molecule has 1 N–H and O–H groups in total. The Bertz CT molecular complexity index is 367. The number of hydrogen-bond acceptors (Lipinski definition) is 1. The van der Waals surface area contributed by atoms with Gasteiger partial charge in [-0.2, -0.15) is 0 Å². The molecule has 1 unspecified atom stereocenters. The largest absolute Gasteiger partial charge is 0.379 e. The standard InChI is InChI=1S/C10H9BrF2O/c11-7-1-2-8-6(5-7)3-4-10(8,14)9(12)13/h1-2,5,9,14H,3-4H2. The van der Waals surface area contributed by atoms with Crippen LogP contribution in [-0.4, -0.2) is 11.5 Å². The quantitative estimate of drug-likeness (QED) is 0.826. The Hall–Kier alpha value is -0.480. The van der Waals surface area contributed by atoms with Crippen molar-refractivity contribution in [1.29, 1.82) is 0 Å². The van der Waals surface area contributed by atoms with Gasteiger partial charge in [0, 0.05) is 4.47 Å². The lowest BCUT2D eigenvalue weighted by Crippen LogP contribution is -2.31. The van der Waals surface area contributed by atoms with Crippen molar-refractivity contribution in [3.8, 4) is 0 Å². The summed E-state index contributed by atoms with van der Waals surface area (Å²) in [4.78, 5) is 0.